The summed E-state index contributed by atoms with van der Waals surface area (Å²) in [6.45, 7) is 4.61. The fourth-order valence-corrected chi connectivity index (χ4v) is 2.27. The maximum Gasteiger partial charge on any atom is 0.160 e. The third kappa shape index (κ3) is 2.61. The van der Waals surface area contributed by atoms with E-state index in [0.29, 0.717) is 17.3 Å². The van der Waals surface area contributed by atoms with Gasteiger partial charge in [0.2, 0.25) is 0 Å². The molecule has 0 spiro atoms. The van der Waals surface area contributed by atoms with E-state index in [-0.39, 0.29) is 0 Å². The zero-order valence-corrected chi connectivity index (χ0v) is 9.83. The molecule has 1 fully saturated rings. The summed E-state index contributed by atoms with van der Waals surface area (Å²) in [7, 11) is 0. The second-order valence-corrected chi connectivity index (χ2v) is 5.18. The van der Waals surface area contributed by atoms with Gasteiger partial charge in [-0.05, 0) is 24.7 Å². The van der Waals surface area contributed by atoms with Gasteiger partial charge in [0, 0.05) is 6.04 Å². The predicted octanol–water partition coefficient (Wildman–Crippen LogP) is 1.75. The van der Waals surface area contributed by atoms with E-state index in [4.69, 9.17) is 5.84 Å². The van der Waals surface area contributed by atoms with Crippen LogP contribution in [0.3, 0.4) is 0 Å². The number of hydrazine groups is 1. The third-order valence-electron chi connectivity index (χ3n) is 3.10. The van der Waals surface area contributed by atoms with Gasteiger partial charge in [0.25, 0.3) is 0 Å². The highest BCUT2D eigenvalue weighted by molar-refractivity contribution is 5.41. The van der Waals surface area contributed by atoms with Crippen molar-refractivity contribution in [2.24, 2.45) is 11.3 Å². The summed E-state index contributed by atoms with van der Waals surface area (Å²) in [5.41, 5.74) is 2.93. The molecular weight excluding hydrogens is 202 g/mol. The van der Waals surface area contributed by atoms with Crippen LogP contribution in [0.15, 0.2) is 12.4 Å². The average Bonchev–Trinajstić information content (AvgIpc) is 2.58. The summed E-state index contributed by atoms with van der Waals surface area (Å²) >= 11 is 0. The number of rotatable bonds is 3. The summed E-state index contributed by atoms with van der Waals surface area (Å²) in [4.78, 5) is 8.36. The highest BCUT2D eigenvalue weighted by atomic mass is 15.3. The lowest BCUT2D eigenvalue weighted by Crippen LogP contribution is -2.19. The van der Waals surface area contributed by atoms with Crippen molar-refractivity contribution in [1.29, 1.82) is 0 Å². The van der Waals surface area contributed by atoms with Crippen LogP contribution in [-0.2, 0) is 0 Å². The van der Waals surface area contributed by atoms with E-state index >= 15 is 0 Å². The van der Waals surface area contributed by atoms with Crippen molar-refractivity contribution in [1.82, 2.24) is 9.97 Å². The molecule has 1 heterocycles. The summed E-state index contributed by atoms with van der Waals surface area (Å²) in [5, 5.41) is 3.40. The molecule has 2 rings (SSSR count). The maximum absolute atomic E-state index is 5.29. The minimum absolute atomic E-state index is 0.439. The summed E-state index contributed by atoms with van der Waals surface area (Å²) in [6, 6.07) is 0.498. The maximum atomic E-state index is 5.29. The van der Waals surface area contributed by atoms with Crippen LogP contribution in [0.2, 0.25) is 0 Å². The van der Waals surface area contributed by atoms with Gasteiger partial charge in [-0.25, -0.2) is 10.8 Å². The Bertz CT molecular complexity index is 363. The molecule has 1 atom stereocenters. The zero-order valence-electron chi connectivity index (χ0n) is 9.83. The van der Waals surface area contributed by atoms with Crippen LogP contribution in [0.25, 0.3) is 0 Å². The molecular formula is C11H19N5. The molecule has 0 amide bonds. The Balaban J connectivity index is 1.99. The van der Waals surface area contributed by atoms with E-state index in [1.807, 2.05) is 0 Å². The summed E-state index contributed by atoms with van der Waals surface area (Å²) < 4.78 is 0. The molecule has 1 aliphatic rings. The lowest BCUT2D eigenvalue weighted by Gasteiger charge is -2.18. The molecule has 1 aromatic rings. The Kier molecular flexibility index (Phi) is 2.96. The minimum atomic E-state index is 0.439. The molecule has 0 aliphatic heterocycles. The second-order valence-electron chi connectivity index (χ2n) is 5.18. The van der Waals surface area contributed by atoms with Crippen molar-refractivity contribution in [3.05, 3.63) is 12.4 Å². The van der Waals surface area contributed by atoms with E-state index in [1.54, 1.807) is 12.4 Å². The normalized spacial score (nSPS) is 23.1. The lowest BCUT2D eigenvalue weighted by atomic mass is 9.92. The monoisotopic (exact) mass is 221 g/mol. The third-order valence-corrected chi connectivity index (χ3v) is 3.10. The van der Waals surface area contributed by atoms with Crippen LogP contribution in [-0.4, -0.2) is 16.0 Å². The van der Waals surface area contributed by atoms with E-state index in [0.717, 1.165) is 5.82 Å². The van der Waals surface area contributed by atoms with Crippen LogP contribution >= 0.6 is 0 Å². The van der Waals surface area contributed by atoms with E-state index in [9.17, 15) is 0 Å². The van der Waals surface area contributed by atoms with Gasteiger partial charge < -0.3 is 10.7 Å². The van der Waals surface area contributed by atoms with E-state index in [2.05, 4.69) is 34.6 Å². The summed E-state index contributed by atoms with van der Waals surface area (Å²) in [6.07, 6.45) is 6.95. The molecule has 1 aliphatic carbocycles. The number of nitrogens with zero attached hydrogens (tertiary/aromatic N) is 2. The Morgan fingerprint density at radius 3 is 2.75 bits per heavy atom. The van der Waals surface area contributed by atoms with Crippen molar-refractivity contribution >= 4 is 11.6 Å². The first-order valence-electron chi connectivity index (χ1n) is 5.64. The average molecular weight is 221 g/mol. The van der Waals surface area contributed by atoms with Gasteiger partial charge >= 0.3 is 0 Å². The molecule has 0 aromatic carbocycles. The molecule has 0 radical (unpaired) electrons. The van der Waals surface area contributed by atoms with Crippen molar-refractivity contribution in [2.75, 3.05) is 10.7 Å². The first-order chi connectivity index (χ1) is 7.59. The molecule has 16 heavy (non-hydrogen) atoms. The fraction of sp³-hybridized carbons (Fsp3) is 0.636. The molecule has 0 bridgehead atoms. The largest absolute Gasteiger partial charge is 0.366 e. The predicted molar refractivity (Wildman–Crippen MR) is 64.9 cm³/mol. The Morgan fingerprint density at radius 1 is 1.38 bits per heavy atom. The fourth-order valence-electron chi connectivity index (χ4n) is 2.27. The molecule has 5 heteroatoms. The molecule has 88 valence electrons. The Hall–Kier alpha value is -1.36. The van der Waals surface area contributed by atoms with Crippen LogP contribution in [0, 0.1) is 5.41 Å². The van der Waals surface area contributed by atoms with Crippen LogP contribution in [0.4, 0.5) is 11.6 Å². The van der Waals surface area contributed by atoms with Gasteiger partial charge in [-0.2, -0.15) is 0 Å². The van der Waals surface area contributed by atoms with Gasteiger partial charge in [-0.15, -0.1) is 0 Å². The Morgan fingerprint density at radius 2 is 2.12 bits per heavy atom. The molecule has 4 N–H and O–H groups in total. The molecule has 1 unspecified atom stereocenters. The first-order valence-corrected chi connectivity index (χ1v) is 5.64. The van der Waals surface area contributed by atoms with Crippen LogP contribution in [0.1, 0.15) is 33.1 Å². The standard InChI is InChI=1S/C11H19N5/c1-11(2)4-3-8(5-11)14-9-6-13-7-10(15-9)16-12/h6-8H,3-5,12H2,1-2H3,(H2,14,15,16). The van der Waals surface area contributed by atoms with Crippen molar-refractivity contribution in [3.8, 4) is 0 Å². The van der Waals surface area contributed by atoms with Crippen molar-refractivity contribution in [2.45, 2.75) is 39.2 Å². The van der Waals surface area contributed by atoms with Gasteiger partial charge in [0.1, 0.15) is 5.82 Å². The highest BCUT2D eigenvalue weighted by Crippen LogP contribution is 2.38. The van der Waals surface area contributed by atoms with Crippen LogP contribution in [0.5, 0.6) is 0 Å². The van der Waals surface area contributed by atoms with Crippen LogP contribution < -0.4 is 16.6 Å². The Labute approximate surface area is 95.8 Å². The summed E-state index contributed by atoms with van der Waals surface area (Å²) in [5.74, 6) is 6.67. The number of aromatic nitrogens is 2. The number of nitrogen functional groups attached to an aromatic ring is 1. The van der Waals surface area contributed by atoms with Gasteiger partial charge in [0.15, 0.2) is 5.82 Å². The van der Waals surface area contributed by atoms with Gasteiger partial charge in [-0.3, -0.25) is 4.98 Å². The van der Waals surface area contributed by atoms with Gasteiger partial charge in [0.05, 0.1) is 12.4 Å². The molecule has 1 saturated carbocycles. The number of hydrogen-bond acceptors (Lipinski definition) is 5. The molecule has 1 aromatic heterocycles. The highest BCUT2D eigenvalue weighted by Gasteiger charge is 2.30. The lowest BCUT2D eigenvalue weighted by molar-refractivity contribution is 0.378. The van der Waals surface area contributed by atoms with Crippen molar-refractivity contribution in [3.63, 3.8) is 0 Å². The number of hydrogen-bond donors (Lipinski definition) is 3. The smallest absolute Gasteiger partial charge is 0.160 e. The van der Waals surface area contributed by atoms with E-state index < -0.39 is 0 Å². The van der Waals surface area contributed by atoms with E-state index in [1.165, 1.54) is 19.3 Å². The zero-order chi connectivity index (χ0) is 11.6. The number of anilines is 2. The number of nitrogens with two attached hydrogens (primary N) is 1. The molecule has 5 nitrogen and oxygen atoms in total. The number of nitrogens with one attached hydrogen (secondary N) is 2. The quantitative estimate of drug-likeness (QED) is 0.535. The van der Waals surface area contributed by atoms with Crippen molar-refractivity contribution < 1.29 is 0 Å². The first kappa shape index (κ1) is 11.1. The SMILES string of the molecule is CC1(C)CCC(Nc2cncc(NN)n2)C1. The molecule has 0 saturated heterocycles. The van der Waals surface area contributed by atoms with Gasteiger partial charge in [-0.1, -0.05) is 13.8 Å². The minimum Gasteiger partial charge on any atom is -0.366 e. The second kappa shape index (κ2) is 4.25. The topological polar surface area (TPSA) is 75.9 Å².